The van der Waals surface area contributed by atoms with E-state index in [9.17, 15) is 20.2 Å². The van der Waals surface area contributed by atoms with Gasteiger partial charge in [0.2, 0.25) is 0 Å². The van der Waals surface area contributed by atoms with Gasteiger partial charge in [-0.2, -0.15) is 0 Å². The maximum absolute atomic E-state index is 11.3. The fourth-order valence-corrected chi connectivity index (χ4v) is 3.00. The molecule has 0 fully saturated rings. The van der Waals surface area contributed by atoms with E-state index in [0.717, 1.165) is 0 Å². The highest BCUT2D eigenvalue weighted by Crippen LogP contribution is 2.40. The van der Waals surface area contributed by atoms with Crippen molar-refractivity contribution in [1.82, 2.24) is 0 Å². The molecule has 2 aromatic carbocycles. The lowest BCUT2D eigenvalue weighted by atomic mass is 10.0. The first-order valence-corrected chi connectivity index (χ1v) is 7.71. The van der Waals surface area contributed by atoms with Crippen molar-refractivity contribution in [3.63, 3.8) is 0 Å². The SMILES string of the molecule is CC1(C)CN(Cc2ccccc2[N+](=O)[O-])c2cc([N+](=O)[O-])ccc2O1. The zero-order chi connectivity index (χ0) is 18.2. The van der Waals surface area contributed by atoms with E-state index in [1.807, 2.05) is 18.7 Å². The lowest BCUT2D eigenvalue weighted by Crippen LogP contribution is -2.46. The van der Waals surface area contributed by atoms with Crippen molar-refractivity contribution < 1.29 is 14.6 Å². The second-order valence-electron chi connectivity index (χ2n) is 6.51. The highest BCUT2D eigenvalue weighted by atomic mass is 16.6. The molecular weight excluding hydrogens is 326 g/mol. The van der Waals surface area contributed by atoms with Crippen LogP contribution in [0.3, 0.4) is 0 Å². The minimum absolute atomic E-state index is 0.0266. The van der Waals surface area contributed by atoms with Gasteiger partial charge in [0, 0.05) is 23.8 Å². The average Bonchev–Trinajstić information content (AvgIpc) is 2.53. The molecule has 0 spiro atoms. The molecule has 0 aliphatic carbocycles. The van der Waals surface area contributed by atoms with Gasteiger partial charge in [0.25, 0.3) is 11.4 Å². The molecule has 0 saturated carbocycles. The molecule has 3 rings (SSSR count). The maximum atomic E-state index is 11.3. The van der Waals surface area contributed by atoms with Gasteiger partial charge >= 0.3 is 0 Å². The number of ether oxygens (including phenoxy) is 1. The molecule has 0 atom stereocenters. The number of benzene rings is 2. The Bertz CT molecular complexity index is 850. The molecule has 0 unspecified atom stereocenters. The monoisotopic (exact) mass is 343 g/mol. The second kappa shape index (κ2) is 6.04. The Balaban J connectivity index is 2.03. The summed E-state index contributed by atoms with van der Waals surface area (Å²) in [6, 6.07) is 10.9. The van der Waals surface area contributed by atoms with Gasteiger partial charge in [-0.25, -0.2) is 0 Å². The third-order valence-electron chi connectivity index (χ3n) is 4.00. The van der Waals surface area contributed by atoms with Crippen LogP contribution in [0.2, 0.25) is 0 Å². The molecule has 1 heterocycles. The van der Waals surface area contributed by atoms with Crippen molar-refractivity contribution in [2.24, 2.45) is 0 Å². The minimum Gasteiger partial charge on any atom is -0.484 e. The Morgan fingerprint density at radius 3 is 2.52 bits per heavy atom. The van der Waals surface area contributed by atoms with Gasteiger partial charge in [-0.1, -0.05) is 18.2 Å². The van der Waals surface area contributed by atoms with Crippen LogP contribution in [-0.2, 0) is 6.54 Å². The predicted molar refractivity (Wildman–Crippen MR) is 91.9 cm³/mol. The van der Waals surface area contributed by atoms with Crippen molar-refractivity contribution in [2.75, 3.05) is 11.4 Å². The molecule has 0 bridgehead atoms. The topological polar surface area (TPSA) is 98.8 Å². The minimum atomic E-state index is -0.521. The number of nitrogens with zero attached hydrogens (tertiary/aromatic N) is 3. The first-order valence-electron chi connectivity index (χ1n) is 7.71. The normalized spacial score (nSPS) is 15.2. The number of para-hydroxylation sites is 1. The van der Waals surface area contributed by atoms with Crippen molar-refractivity contribution >= 4 is 17.1 Å². The largest absolute Gasteiger partial charge is 0.484 e. The van der Waals surface area contributed by atoms with Crippen LogP contribution in [0.25, 0.3) is 0 Å². The Morgan fingerprint density at radius 1 is 1.12 bits per heavy atom. The Morgan fingerprint density at radius 2 is 1.84 bits per heavy atom. The van der Waals surface area contributed by atoms with Crippen LogP contribution in [0.4, 0.5) is 17.1 Å². The summed E-state index contributed by atoms with van der Waals surface area (Å²) in [5.74, 6) is 0.528. The summed E-state index contributed by atoms with van der Waals surface area (Å²) in [4.78, 5) is 23.3. The molecule has 0 radical (unpaired) electrons. The number of hydrogen-bond acceptors (Lipinski definition) is 6. The van der Waals surface area contributed by atoms with Gasteiger partial charge in [-0.15, -0.1) is 0 Å². The fourth-order valence-electron chi connectivity index (χ4n) is 3.00. The highest BCUT2D eigenvalue weighted by Gasteiger charge is 2.33. The summed E-state index contributed by atoms with van der Waals surface area (Å²) in [5.41, 5.74) is 0.565. The van der Waals surface area contributed by atoms with E-state index in [-0.39, 0.29) is 17.9 Å². The van der Waals surface area contributed by atoms with E-state index in [1.54, 1.807) is 24.3 Å². The van der Waals surface area contributed by atoms with E-state index >= 15 is 0 Å². The number of rotatable bonds is 4. The van der Waals surface area contributed by atoms with Crippen LogP contribution < -0.4 is 9.64 Å². The van der Waals surface area contributed by atoms with Gasteiger partial charge in [-0.3, -0.25) is 20.2 Å². The van der Waals surface area contributed by atoms with Gasteiger partial charge < -0.3 is 9.64 Å². The molecule has 0 saturated heterocycles. The summed E-state index contributed by atoms with van der Waals surface area (Å²) >= 11 is 0. The van der Waals surface area contributed by atoms with E-state index in [1.165, 1.54) is 18.2 Å². The second-order valence-corrected chi connectivity index (χ2v) is 6.51. The molecule has 25 heavy (non-hydrogen) atoms. The van der Waals surface area contributed by atoms with Crippen molar-refractivity contribution in [3.8, 4) is 5.75 Å². The predicted octanol–water partition coefficient (Wildman–Crippen LogP) is 3.68. The summed E-state index contributed by atoms with van der Waals surface area (Å²) < 4.78 is 5.90. The summed E-state index contributed by atoms with van der Waals surface area (Å²) in [5, 5.41) is 22.3. The number of nitro groups is 2. The number of non-ortho nitro benzene ring substituents is 1. The highest BCUT2D eigenvalue weighted by molar-refractivity contribution is 5.65. The molecule has 130 valence electrons. The Hall–Kier alpha value is -3.16. The fraction of sp³-hybridized carbons (Fsp3) is 0.294. The number of fused-ring (bicyclic) bond motifs is 1. The van der Waals surface area contributed by atoms with Gasteiger partial charge in [0.15, 0.2) is 0 Å². The molecule has 8 heteroatoms. The Kier molecular flexibility index (Phi) is 4.03. The molecule has 0 N–H and O–H groups in total. The first-order chi connectivity index (χ1) is 11.8. The molecule has 0 aromatic heterocycles. The molecule has 8 nitrogen and oxygen atoms in total. The van der Waals surface area contributed by atoms with E-state index in [2.05, 4.69) is 0 Å². The number of nitro benzene ring substituents is 2. The third-order valence-corrected chi connectivity index (χ3v) is 4.00. The summed E-state index contributed by atoms with van der Waals surface area (Å²) in [7, 11) is 0. The smallest absolute Gasteiger partial charge is 0.274 e. The number of hydrogen-bond donors (Lipinski definition) is 0. The molecule has 0 amide bonds. The number of anilines is 1. The van der Waals surface area contributed by atoms with Crippen LogP contribution in [-0.4, -0.2) is 22.0 Å². The molecule has 1 aliphatic heterocycles. The lowest BCUT2D eigenvalue weighted by Gasteiger charge is -2.40. The van der Waals surface area contributed by atoms with Gasteiger partial charge in [-0.05, 0) is 19.9 Å². The zero-order valence-corrected chi connectivity index (χ0v) is 13.8. The molecular formula is C17H17N3O5. The average molecular weight is 343 g/mol. The standard InChI is InChI=1S/C17H17N3O5/c1-17(2)11-18(10-12-5-3-4-6-14(12)20(23)24)15-9-13(19(21)22)7-8-16(15)25-17/h3-9H,10-11H2,1-2H3. The van der Waals surface area contributed by atoms with Crippen LogP contribution >= 0.6 is 0 Å². The lowest BCUT2D eigenvalue weighted by molar-refractivity contribution is -0.385. The first kappa shape index (κ1) is 16.7. The summed E-state index contributed by atoms with van der Waals surface area (Å²) in [6.07, 6.45) is 0. The van der Waals surface area contributed by atoms with Crippen molar-refractivity contribution in [2.45, 2.75) is 26.0 Å². The van der Waals surface area contributed by atoms with Crippen LogP contribution in [0, 0.1) is 20.2 Å². The van der Waals surface area contributed by atoms with Crippen LogP contribution in [0.15, 0.2) is 42.5 Å². The quantitative estimate of drug-likeness (QED) is 0.620. The van der Waals surface area contributed by atoms with Crippen LogP contribution in [0.1, 0.15) is 19.4 Å². The van der Waals surface area contributed by atoms with E-state index in [0.29, 0.717) is 23.5 Å². The van der Waals surface area contributed by atoms with Crippen molar-refractivity contribution in [1.29, 1.82) is 0 Å². The van der Waals surface area contributed by atoms with Crippen LogP contribution in [0.5, 0.6) is 5.75 Å². The van der Waals surface area contributed by atoms with E-state index in [4.69, 9.17) is 4.74 Å². The third kappa shape index (κ3) is 3.37. The van der Waals surface area contributed by atoms with Gasteiger partial charge in [0.1, 0.15) is 11.4 Å². The van der Waals surface area contributed by atoms with E-state index < -0.39 is 15.4 Å². The molecule has 2 aromatic rings. The zero-order valence-electron chi connectivity index (χ0n) is 13.8. The van der Waals surface area contributed by atoms with Gasteiger partial charge in [0.05, 0.1) is 28.6 Å². The Labute approximate surface area is 143 Å². The molecule has 1 aliphatic rings. The maximum Gasteiger partial charge on any atom is 0.274 e. The summed E-state index contributed by atoms with van der Waals surface area (Å²) in [6.45, 7) is 4.53. The van der Waals surface area contributed by atoms with Crippen molar-refractivity contribution in [3.05, 3.63) is 68.3 Å².